The zero-order chi connectivity index (χ0) is 19.7. The number of H-pyrrole nitrogens is 1. The van der Waals surface area contributed by atoms with Crippen LogP contribution < -0.4 is 16.0 Å². The van der Waals surface area contributed by atoms with Crippen LogP contribution in [0.5, 0.6) is 0 Å². The van der Waals surface area contributed by atoms with Crippen molar-refractivity contribution in [3.63, 3.8) is 0 Å². The van der Waals surface area contributed by atoms with Gasteiger partial charge < -0.3 is 19.5 Å². The number of fused-ring (bicyclic) bond motifs is 1. The summed E-state index contributed by atoms with van der Waals surface area (Å²) in [6, 6.07) is 12.2. The first kappa shape index (κ1) is 18.1. The van der Waals surface area contributed by atoms with Gasteiger partial charge in [-0.25, -0.2) is 4.79 Å². The normalized spacial score (nSPS) is 14.3. The Bertz CT molecular complexity index is 1080. The van der Waals surface area contributed by atoms with Crippen LogP contribution in [0, 0.1) is 0 Å². The van der Waals surface area contributed by atoms with Crippen LogP contribution in [0.1, 0.15) is 0 Å². The molecule has 3 aromatic rings. The highest BCUT2D eigenvalue weighted by Gasteiger charge is 2.26. The molecule has 2 aromatic carbocycles. The van der Waals surface area contributed by atoms with Crippen molar-refractivity contribution in [1.29, 1.82) is 0 Å². The van der Waals surface area contributed by atoms with Crippen LogP contribution in [0.2, 0.25) is 5.02 Å². The zero-order valence-electron chi connectivity index (χ0n) is 14.8. The molecule has 0 saturated carbocycles. The third kappa shape index (κ3) is 3.72. The van der Waals surface area contributed by atoms with Crippen LogP contribution in [-0.4, -0.2) is 47.9 Å². The van der Waals surface area contributed by atoms with Gasteiger partial charge in [0, 0.05) is 48.6 Å². The number of anilines is 2. The van der Waals surface area contributed by atoms with Crippen LogP contribution in [0.25, 0.3) is 11.1 Å². The van der Waals surface area contributed by atoms with Crippen molar-refractivity contribution in [2.24, 2.45) is 0 Å². The van der Waals surface area contributed by atoms with Gasteiger partial charge in [0.05, 0.1) is 5.52 Å². The number of aromatic amines is 1. The van der Waals surface area contributed by atoms with Gasteiger partial charge in [-0.05, 0) is 36.4 Å². The molecule has 28 heavy (non-hydrogen) atoms. The summed E-state index contributed by atoms with van der Waals surface area (Å²) in [6.07, 6.45) is 0. The summed E-state index contributed by atoms with van der Waals surface area (Å²) in [7, 11) is 0. The smallest absolute Gasteiger partial charge is 0.408 e. The summed E-state index contributed by atoms with van der Waals surface area (Å²) in [5.74, 6) is -1.89. The third-order valence-electron chi connectivity index (χ3n) is 4.63. The predicted molar refractivity (Wildman–Crippen MR) is 106 cm³/mol. The number of rotatable bonds is 2. The summed E-state index contributed by atoms with van der Waals surface area (Å²) < 4.78 is 4.96. The fourth-order valence-corrected chi connectivity index (χ4v) is 3.30. The van der Waals surface area contributed by atoms with E-state index in [0.717, 1.165) is 5.69 Å². The third-order valence-corrected chi connectivity index (χ3v) is 4.88. The molecule has 2 amide bonds. The monoisotopic (exact) mass is 400 g/mol. The highest BCUT2D eigenvalue weighted by Crippen LogP contribution is 2.20. The van der Waals surface area contributed by atoms with Gasteiger partial charge in [0.2, 0.25) is 0 Å². The Morgan fingerprint density at radius 2 is 1.75 bits per heavy atom. The number of carbonyl (C=O) groups is 2. The lowest BCUT2D eigenvalue weighted by molar-refractivity contribution is -0.143. The van der Waals surface area contributed by atoms with E-state index in [1.807, 2.05) is 24.3 Å². The average Bonchev–Trinajstić information content (AvgIpc) is 3.07. The number of halogens is 1. The molecular formula is C19H17ClN4O4. The molecule has 2 N–H and O–H groups in total. The Hall–Kier alpha value is -3.26. The maximum Gasteiger partial charge on any atom is 0.417 e. The van der Waals surface area contributed by atoms with E-state index >= 15 is 0 Å². The lowest BCUT2D eigenvalue weighted by Crippen LogP contribution is -2.51. The highest BCUT2D eigenvalue weighted by atomic mass is 35.5. The lowest BCUT2D eigenvalue weighted by Gasteiger charge is -2.35. The highest BCUT2D eigenvalue weighted by molar-refractivity contribution is 6.39. The Labute approximate surface area is 164 Å². The van der Waals surface area contributed by atoms with E-state index in [0.29, 0.717) is 48.0 Å². The summed E-state index contributed by atoms with van der Waals surface area (Å²) in [5.41, 5.74) is 2.25. The Kier molecular flexibility index (Phi) is 4.79. The number of nitrogens with zero attached hydrogens (tertiary/aromatic N) is 2. The minimum Gasteiger partial charge on any atom is -0.408 e. The Morgan fingerprint density at radius 1 is 1.04 bits per heavy atom. The van der Waals surface area contributed by atoms with Gasteiger partial charge in [0.1, 0.15) is 0 Å². The van der Waals surface area contributed by atoms with E-state index in [-0.39, 0.29) is 0 Å². The first-order valence-electron chi connectivity index (χ1n) is 8.73. The number of nitrogens with one attached hydrogen (secondary N) is 2. The molecule has 1 saturated heterocycles. The number of piperazine rings is 1. The first-order chi connectivity index (χ1) is 13.5. The van der Waals surface area contributed by atoms with E-state index in [1.54, 1.807) is 12.1 Å². The van der Waals surface area contributed by atoms with Crippen molar-refractivity contribution in [2.45, 2.75) is 0 Å². The summed E-state index contributed by atoms with van der Waals surface area (Å²) in [5, 5.41) is 3.23. The minimum absolute atomic E-state index is 0.312. The van der Waals surface area contributed by atoms with Crippen molar-refractivity contribution in [2.75, 3.05) is 36.4 Å². The molecule has 144 valence electrons. The SMILES string of the molecule is O=C(Nc1ccc2[nH]c(=O)oc2c1)C(=O)N1CCN(c2ccc(Cl)cc2)CC1. The van der Waals surface area contributed by atoms with E-state index < -0.39 is 17.6 Å². The van der Waals surface area contributed by atoms with Crippen molar-refractivity contribution >= 4 is 45.9 Å². The Morgan fingerprint density at radius 3 is 2.46 bits per heavy atom. The maximum absolute atomic E-state index is 12.5. The first-order valence-corrected chi connectivity index (χ1v) is 9.11. The maximum atomic E-state index is 12.5. The molecule has 0 unspecified atom stereocenters. The van der Waals surface area contributed by atoms with Gasteiger partial charge in [0.25, 0.3) is 0 Å². The van der Waals surface area contributed by atoms with Crippen LogP contribution in [-0.2, 0) is 9.59 Å². The average molecular weight is 401 g/mol. The number of carbonyl (C=O) groups excluding carboxylic acids is 2. The van der Waals surface area contributed by atoms with Crippen LogP contribution in [0.15, 0.2) is 51.7 Å². The summed E-state index contributed by atoms with van der Waals surface area (Å²) in [4.78, 5) is 42.1. The fourth-order valence-electron chi connectivity index (χ4n) is 3.17. The molecule has 0 spiro atoms. The molecule has 2 heterocycles. The van der Waals surface area contributed by atoms with Gasteiger partial charge in [-0.2, -0.15) is 0 Å². The van der Waals surface area contributed by atoms with Crippen molar-refractivity contribution < 1.29 is 14.0 Å². The molecule has 0 aliphatic carbocycles. The van der Waals surface area contributed by atoms with Gasteiger partial charge in [0.15, 0.2) is 5.58 Å². The number of benzene rings is 2. The van der Waals surface area contributed by atoms with E-state index in [9.17, 15) is 14.4 Å². The zero-order valence-corrected chi connectivity index (χ0v) is 15.5. The quantitative estimate of drug-likeness (QED) is 0.641. The molecule has 0 atom stereocenters. The molecule has 0 radical (unpaired) electrons. The minimum atomic E-state index is -0.725. The molecule has 0 bridgehead atoms. The molecule has 1 aliphatic heterocycles. The van der Waals surface area contributed by atoms with Crippen molar-refractivity contribution in [3.8, 4) is 0 Å². The van der Waals surface area contributed by atoms with E-state index in [4.69, 9.17) is 16.0 Å². The van der Waals surface area contributed by atoms with Gasteiger partial charge in [-0.1, -0.05) is 11.6 Å². The molecule has 1 aliphatic rings. The second-order valence-electron chi connectivity index (χ2n) is 6.44. The lowest BCUT2D eigenvalue weighted by atomic mass is 10.2. The molecule has 1 aromatic heterocycles. The number of hydrogen-bond acceptors (Lipinski definition) is 5. The fraction of sp³-hybridized carbons (Fsp3) is 0.211. The second-order valence-corrected chi connectivity index (χ2v) is 6.87. The topological polar surface area (TPSA) is 98.6 Å². The molecule has 4 rings (SSSR count). The summed E-state index contributed by atoms with van der Waals surface area (Å²) >= 11 is 5.91. The van der Waals surface area contributed by atoms with Gasteiger partial charge >= 0.3 is 17.6 Å². The largest absolute Gasteiger partial charge is 0.417 e. The van der Waals surface area contributed by atoms with Crippen LogP contribution >= 0.6 is 11.6 Å². The van der Waals surface area contributed by atoms with Crippen molar-refractivity contribution in [3.05, 3.63) is 58.0 Å². The molecule has 9 heteroatoms. The van der Waals surface area contributed by atoms with Crippen LogP contribution in [0.3, 0.4) is 0 Å². The number of oxazole rings is 1. The Balaban J connectivity index is 1.36. The van der Waals surface area contributed by atoms with E-state index in [2.05, 4.69) is 15.2 Å². The number of aromatic nitrogens is 1. The van der Waals surface area contributed by atoms with E-state index in [1.165, 1.54) is 11.0 Å². The van der Waals surface area contributed by atoms with Crippen LogP contribution in [0.4, 0.5) is 11.4 Å². The summed E-state index contributed by atoms with van der Waals surface area (Å²) in [6.45, 7) is 2.14. The molecular weight excluding hydrogens is 384 g/mol. The standard InChI is InChI=1S/C19H17ClN4O4/c20-12-1-4-14(5-2-12)23-7-9-24(10-8-23)18(26)17(25)21-13-3-6-15-16(11-13)28-19(27)22-15/h1-6,11H,7-10H2,(H,21,25)(H,22,27). The molecule has 1 fully saturated rings. The molecule has 8 nitrogen and oxygen atoms in total. The van der Waals surface area contributed by atoms with Crippen molar-refractivity contribution in [1.82, 2.24) is 9.88 Å². The number of amides is 2. The second kappa shape index (κ2) is 7.40. The number of hydrogen-bond donors (Lipinski definition) is 2. The van der Waals surface area contributed by atoms with Gasteiger partial charge in [-0.3, -0.25) is 14.6 Å². The van der Waals surface area contributed by atoms with Gasteiger partial charge in [-0.15, -0.1) is 0 Å². The predicted octanol–water partition coefficient (Wildman–Crippen LogP) is 2.06.